The van der Waals surface area contributed by atoms with Gasteiger partial charge in [-0.3, -0.25) is 5.32 Å². The lowest BCUT2D eigenvalue weighted by Crippen LogP contribution is -2.36. The number of aromatic nitrogens is 2. The highest BCUT2D eigenvalue weighted by Crippen LogP contribution is 2.20. The molecule has 2 rings (SSSR count). The van der Waals surface area contributed by atoms with Crippen LogP contribution in [-0.2, 0) is 6.54 Å². The zero-order valence-electron chi connectivity index (χ0n) is 11.5. The van der Waals surface area contributed by atoms with Crippen LogP contribution in [0.15, 0.2) is 29.8 Å². The largest absolute Gasteiger partial charge is 0.496 e. The van der Waals surface area contributed by atoms with Gasteiger partial charge in [-0.15, -0.1) is 10.2 Å². The van der Waals surface area contributed by atoms with Crippen molar-refractivity contribution in [1.82, 2.24) is 15.1 Å². The van der Waals surface area contributed by atoms with Crippen LogP contribution < -0.4 is 10.1 Å². The summed E-state index contributed by atoms with van der Waals surface area (Å²) in [4.78, 5) is 13.7. The minimum absolute atomic E-state index is 0.126. The maximum absolute atomic E-state index is 12.2. The third-order valence-corrected chi connectivity index (χ3v) is 3.39. The van der Waals surface area contributed by atoms with Crippen molar-refractivity contribution in [1.29, 1.82) is 0 Å². The van der Waals surface area contributed by atoms with Gasteiger partial charge in [-0.1, -0.05) is 29.5 Å². The highest BCUT2D eigenvalue weighted by molar-refractivity contribution is 7.13. The number of para-hydroxylation sites is 1. The first kappa shape index (κ1) is 15.2. The van der Waals surface area contributed by atoms with Crippen LogP contribution >= 0.6 is 11.3 Å². The van der Waals surface area contributed by atoms with Crippen molar-refractivity contribution in [2.45, 2.75) is 6.54 Å². The van der Waals surface area contributed by atoms with Gasteiger partial charge < -0.3 is 14.7 Å². The van der Waals surface area contributed by atoms with Gasteiger partial charge in [-0.05, 0) is 6.07 Å². The summed E-state index contributed by atoms with van der Waals surface area (Å²) in [6.45, 7) is 0.413. The number of carbonyl (C=O) groups is 1. The molecule has 0 saturated carbocycles. The molecule has 1 heterocycles. The average Bonchev–Trinajstić information content (AvgIpc) is 3.00. The standard InChI is InChI=1S/C13H16N4O3S/c1-20-11-5-3-2-4-10(11)8-17(6-7-18)13(19)15-12-16-14-9-21-12/h2-5,9,18H,6-8H2,1H3,(H,15,16,19). The quantitative estimate of drug-likeness (QED) is 0.846. The molecule has 0 saturated heterocycles. The SMILES string of the molecule is COc1ccccc1CN(CCO)C(=O)Nc1nncs1. The average molecular weight is 308 g/mol. The molecule has 0 bridgehead atoms. The third kappa shape index (κ3) is 4.14. The molecule has 0 aliphatic rings. The van der Waals surface area contributed by atoms with E-state index >= 15 is 0 Å². The molecule has 0 fully saturated rings. The Labute approximate surface area is 126 Å². The Morgan fingerprint density at radius 3 is 2.95 bits per heavy atom. The zero-order chi connectivity index (χ0) is 15.1. The lowest BCUT2D eigenvalue weighted by atomic mass is 10.2. The molecule has 0 unspecified atom stereocenters. The Morgan fingerprint density at radius 1 is 1.48 bits per heavy atom. The van der Waals surface area contributed by atoms with Crippen LogP contribution in [0.1, 0.15) is 5.56 Å². The van der Waals surface area contributed by atoms with Crippen molar-refractivity contribution in [3.05, 3.63) is 35.3 Å². The van der Waals surface area contributed by atoms with Gasteiger partial charge in [-0.25, -0.2) is 4.79 Å². The number of urea groups is 1. The van der Waals surface area contributed by atoms with E-state index in [0.717, 1.165) is 5.56 Å². The Balaban J connectivity index is 2.09. The fourth-order valence-electron chi connectivity index (χ4n) is 1.81. The van der Waals surface area contributed by atoms with E-state index in [1.54, 1.807) is 7.11 Å². The minimum Gasteiger partial charge on any atom is -0.496 e. The fourth-order valence-corrected chi connectivity index (χ4v) is 2.25. The number of hydrogen-bond acceptors (Lipinski definition) is 6. The topological polar surface area (TPSA) is 87.6 Å². The normalized spacial score (nSPS) is 10.2. The van der Waals surface area contributed by atoms with E-state index in [-0.39, 0.29) is 19.2 Å². The highest BCUT2D eigenvalue weighted by Gasteiger charge is 2.16. The zero-order valence-corrected chi connectivity index (χ0v) is 12.3. The van der Waals surface area contributed by atoms with Crippen molar-refractivity contribution in [3.8, 4) is 5.75 Å². The van der Waals surface area contributed by atoms with Crippen molar-refractivity contribution in [2.24, 2.45) is 0 Å². The molecule has 0 aliphatic heterocycles. The monoisotopic (exact) mass is 308 g/mol. The molecular formula is C13H16N4O3S. The van der Waals surface area contributed by atoms with Crippen LogP contribution in [-0.4, -0.2) is 46.5 Å². The molecule has 1 aromatic carbocycles. The van der Waals surface area contributed by atoms with E-state index in [1.807, 2.05) is 24.3 Å². The Bertz CT molecular complexity index is 577. The van der Waals surface area contributed by atoms with Crippen LogP contribution in [0.4, 0.5) is 9.93 Å². The molecule has 0 spiro atoms. The number of amides is 2. The number of carbonyl (C=O) groups excluding carboxylic acids is 1. The molecule has 1 aromatic heterocycles. The molecule has 2 N–H and O–H groups in total. The van der Waals surface area contributed by atoms with Gasteiger partial charge in [0.2, 0.25) is 5.13 Å². The number of nitrogens with zero attached hydrogens (tertiary/aromatic N) is 3. The summed E-state index contributed by atoms with van der Waals surface area (Å²) in [6.07, 6.45) is 0. The van der Waals surface area contributed by atoms with E-state index in [9.17, 15) is 4.79 Å². The number of hydrogen-bond donors (Lipinski definition) is 2. The number of benzene rings is 1. The molecule has 7 nitrogen and oxygen atoms in total. The molecular weight excluding hydrogens is 292 g/mol. The van der Waals surface area contributed by atoms with Crippen molar-refractivity contribution >= 4 is 22.5 Å². The minimum atomic E-state index is -0.341. The number of methoxy groups -OCH3 is 1. The first-order chi connectivity index (χ1) is 10.2. The molecule has 0 atom stereocenters. The molecule has 21 heavy (non-hydrogen) atoms. The lowest BCUT2D eigenvalue weighted by molar-refractivity contribution is 0.184. The number of anilines is 1. The highest BCUT2D eigenvalue weighted by atomic mass is 32.1. The predicted molar refractivity (Wildman–Crippen MR) is 79.4 cm³/mol. The molecule has 112 valence electrons. The van der Waals surface area contributed by atoms with Crippen molar-refractivity contribution < 1.29 is 14.6 Å². The van der Waals surface area contributed by atoms with Crippen LogP contribution in [0.25, 0.3) is 0 Å². The number of aliphatic hydroxyl groups excluding tert-OH is 1. The second kappa shape index (κ2) is 7.55. The smallest absolute Gasteiger partial charge is 0.324 e. The Morgan fingerprint density at radius 2 is 2.29 bits per heavy atom. The van der Waals surface area contributed by atoms with Crippen LogP contribution in [0, 0.1) is 0 Å². The fraction of sp³-hybridized carbons (Fsp3) is 0.308. The van der Waals surface area contributed by atoms with Crippen LogP contribution in [0.3, 0.4) is 0 Å². The maximum Gasteiger partial charge on any atom is 0.324 e. The van der Waals surface area contributed by atoms with E-state index in [4.69, 9.17) is 9.84 Å². The second-order valence-corrected chi connectivity index (χ2v) is 4.96. The summed E-state index contributed by atoms with van der Waals surface area (Å²) < 4.78 is 5.27. The van der Waals surface area contributed by atoms with Gasteiger partial charge in [0, 0.05) is 12.1 Å². The number of nitrogens with one attached hydrogen (secondary N) is 1. The van der Waals surface area contributed by atoms with Gasteiger partial charge in [0.15, 0.2) is 0 Å². The summed E-state index contributed by atoms with van der Waals surface area (Å²) in [5, 5.41) is 19.6. The van der Waals surface area contributed by atoms with Gasteiger partial charge in [0.1, 0.15) is 11.3 Å². The molecule has 2 aromatic rings. The second-order valence-electron chi connectivity index (χ2n) is 4.13. The summed E-state index contributed by atoms with van der Waals surface area (Å²) >= 11 is 1.23. The molecule has 0 aliphatic carbocycles. The van der Waals surface area contributed by atoms with Crippen molar-refractivity contribution in [3.63, 3.8) is 0 Å². The van der Waals surface area contributed by atoms with E-state index in [1.165, 1.54) is 21.7 Å². The van der Waals surface area contributed by atoms with Crippen LogP contribution in [0.5, 0.6) is 5.75 Å². The first-order valence-corrected chi connectivity index (χ1v) is 7.17. The Kier molecular flexibility index (Phi) is 5.47. The van der Waals surface area contributed by atoms with E-state index in [0.29, 0.717) is 17.4 Å². The first-order valence-electron chi connectivity index (χ1n) is 6.29. The molecule has 0 radical (unpaired) electrons. The number of rotatable bonds is 6. The van der Waals surface area contributed by atoms with Crippen molar-refractivity contribution in [2.75, 3.05) is 25.6 Å². The number of aliphatic hydroxyl groups is 1. The van der Waals surface area contributed by atoms with Gasteiger partial charge in [-0.2, -0.15) is 0 Å². The van der Waals surface area contributed by atoms with E-state index in [2.05, 4.69) is 15.5 Å². The summed E-state index contributed by atoms with van der Waals surface area (Å²) in [5.74, 6) is 0.698. The van der Waals surface area contributed by atoms with Gasteiger partial charge >= 0.3 is 6.03 Å². The molecule has 2 amide bonds. The predicted octanol–water partition coefficient (Wildman–Crippen LogP) is 1.57. The van der Waals surface area contributed by atoms with Gasteiger partial charge in [0.05, 0.1) is 20.3 Å². The van der Waals surface area contributed by atoms with Gasteiger partial charge in [0.25, 0.3) is 0 Å². The summed E-state index contributed by atoms with van der Waals surface area (Å²) in [6, 6.07) is 7.10. The summed E-state index contributed by atoms with van der Waals surface area (Å²) in [7, 11) is 1.58. The lowest BCUT2D eigenvalue weighted by Gasteiger charge is -2.22. The third-order valence-electron chi connectivity index (χ3n) is 2.78. The van der Waals surface area contributed by atoms with E-state index < -0.39 is 0 Å². The summed E-state index contributed by atoms with van der Waals surface area (Å²) in [5.41, 5.74) is 2.40. The molecule has 8 heteroatoms. The maximum atomic E-state index is 12.2. The van der Waals surface area contributed by atoms with Crippen LogP contribution in [0.2, 0.25) is 0 Å². The number of ether oxygens (including phenoxy) is 1. The Hall–Kier alpha value is -2.19.